The number of hydrogen-bond acceptors (Lipinski definition) is 3. The van der Waals surface area contributed by atoms with Crippen LogP contribution in [0.15, 0.2) is 16.6 Å². The number of aryl methyl sites for hydroxylation is 1. The molecular weight excluding hydrogens is 348 g/mol. The molecule has 0 spiro atoms. The highest BCUT2D eigenvalue weighted by Crippen LogP contribution is 2.26. The summed E-state index contributed by atoms with van der Waals surface area (Å²) in [6.07, 6.45) is 0.807. The average Bonchev–Trinajstić information content (AvgIpc) is 2.72. The molecular formula is C15H21BrN2O2Si. The van der Waals surface area contributed by atoms with Crippen LogP contribution in [0.25, 0.3) is 10.9 Å². The largest absolute Gasteiger partial charge is 0.360 e. The number of hydrogen-bond donors (Lipinski definition) is 0. The number of rotatable bonds is 6. The maximum absolute atomic E-state index is 11.2. The van der Waals surface area contributed by atoms with Gasteiger partial charge >= 0.3 is 0 Å². The summed E-state index contributed by atoms with van der Waals surface area (Å²) in [5, 5.41) is 5.26. The van der Waals surface area contributed by atoms with Crippen LogP contribution in [-0.4, -0.2) is 30.7 Å². The number of carbonyl (C=O) groups excluding carboxylic acids is 1. The van der Waals surface area contributed by atoms with Gasteiger partial charge in [-0.3, -0.25) is 4.79 Å². The molecule has 114 valence electrons. The predicted octanol–water partition coefficient (Wildman–Crippen LogP) is 4.23. The highest BCUT2D eigenvalue weighted by atomic mass is 79.9. The molecule has 0 unspecified atom stereocenters. The fraction of sp³-hybridized carbons (Fsp3) is 0.467. The first kappa shape index (κ1) is 16.4. The number of nitrogens with zero attached hydrogens (tertiary/aromatic N) is 2. The van der Waals surface area contributed by atoms with Crippen LogP contribution < -0.4 is 0 Å². The summed E-state index contributed by atoms with van der Waals surface area (Å²) in [5.41, 5.74) is 2.44. The zero-order chi connectivity index (χ0) is 15.6. The van der Waals surface area contributed by atoms with E-state index in [1.807, 2.05) is 19.1 Å². The van der Waals surface area contributed by atoms with Gasteiger partial charge in [-0.15, -0.1) is 0 Å². The lowest BCUT2D eigenvalue weighted by Gasteiger charge is -2.15. The van der Waals surface area contributed by atoms with Crippen LogP contribution in [0.3, 0.4) is 0 Å². The van der Waals surface area contributed by atoms with Crippen molar-refractivity contribution < 1.29 is 9.53 Å². The molecule has 0 aliphatic carbocycles. The highest BCUT2D eigenvalue weighted by molar-refractivity contribution is 9.10. The number of ether oxygens (including phenoxy) is 1. The van der Waals surface area contributed by atoms with E-state index in [9.17, 15) is 4.79 Å². The Morgan fingerprint density at radius 1 is 1.38 bits per heavy atom. The molecule has 0 atom stereocenters. The molecule has 0 amide bonds. The van der Waals surface area contributed by atoms with Crippen molar-refractivity contribution in [1.29, 1.82) is 0 Å². The Morgan fingerprint density at radius 3 is 2.71 bits per heavy atom. The van der Waals surface area contributed by atoms with Crippen LogP contribution in [-0.2, 0) is 11.5 Å². The van der Waals surface area contributed by atoms with Gasteiger partial charge in [0.2, 0.25) is 0 Å². The van der Waals surface area contributed by atoms with Gasteiger partial charge in [0.25, 0.3) is 0 Å². The van der Waals surface area contributed by atoms with Crippen molar-refractivity contribution >= 4 is 41.2 Å². The molecule has 1 heterocycles. The van der Waals surface area contributed by atoms with Gasteiger partial charge < -0.3 is 4.74 Å². The summed E-state index contributed by atoms with van der Waals surface area (Å²) in [6.45, 7) is 10.1. The van der Waals surface area contributed by atoms with Crippen molar-refractivity contribution in [3.05, 3.63) is 27.9 Å². The van der Waals surface area contributed by atoms with Crippen molar-refractivity contribution in [2.24, 2.45) is 0 Å². The third-order valence-corrected chi connectivity index (χ3v) is 5.53. The van der Waals surface area contributed by atoms with Gasteiger partial charge in [-0.25, -0.2) is 4.68 Å². The second-order valence-corrected chi connectivity index (χ2v) is 13.0. The highest BCUT2D eigenvalue weighted by Gasteiger charge is 2.15. The Labute approximate surface area is 134 Å². The van der Waals surface area contributed by atoms with Crippen LogP contribution in [0.2, 0.25) is 25.7 Å². The second-order valence-electron chi connectivity index (χ2n) is 6.47. The zero-order valence-corrected chi connectivity index (χ0v) is 15.5. The summed E-state index contributed by atoms with van der Waals surface area (Å²) < 4.78 is 8.49. The fourth-order valence-corrected chi connectivity index (χ4v) is 3.52. The van der Waals surface area contributed by atoms with E-state index in [1.165, 1.54) is 0 Å². The fourth-order valence-electron chi connectivity index (χ4n) is 2.21. The van der Waals surface area contributed by atoms with Crippen LogP contribution >= 0.6 is 15.9 Å². The van der Waals surface area contributed by atoms with Crippen LogP contribution in [0.4, 0.5) is 0 Å². The molecule has 0 fully saturated rings. The summed E-state index contributed by atoms with van der Waals surface area (Å²) in [5.74, 6) is 0. The first-order valence-corrected chi connectivity index (χ1v) is 11.5. The average molecular weight is 369 g/mol. The van der Waals surface area contributed by atoms with E-state index >= 15 is 0 Å². The van der Waals surface area contributed by atoms with Crippen molar-refractivity contribution in [2.75, 3.05) is 6.61 Å². The molecule has 4 nitrogen and oxygen atoms in total. The Morgan fingerprint density at radius 2 is 2.10 bits per heavy atom. The van der Waals surface area contributed by atoms with Crippen LogP contribution in [0.1, 0.15) is 16.1 Å². The number of aromatic nitrogens is 2. The molecule has 0 N–H and O–H groups in total. The SMILES string of the molecule is Cc1cc(Br)cc2c1c(C=O)nn2COCC[Si](C)(C)C. The van der Waals surface area contributed by atoms with Gasteiger partial charge in [-0.1, -0.05) is 35.6 Å². The van der Waals surface area contributed by atoms with Crippen molar-refractivity contribution in [3.8, 4) is 0 Å². The summed E-state index contributed by atoms with van der Waals surface area (Å²) >= 11 is 3.49. The third kappa shape index (κ3) is 4.02. The van der Waals surface area contributed by atoms with Gasteiger partial charge in [0.1, 0.15) is 12.4 Å². The molecule has 6 heteroatoms. The maximum Gasteiger partial charge on any atom is 0.170 e. The van der Waals surface area contributed by atoms with Crippen molar-refractivity contribution in [1.82, 2.24) is 9.78 Å². The molecule has 0 radical (unpaired) electrons. The number of aldehydes is 1. The number of fused-ring (bicyclic) bond motifs is 1. The van der Waals surface area contributed by atoms with Crippen molar-refractivity contribution in [3.63, 3.8) is 0 Å². The topological polar surface area (TPSA) is 44.1 Å². The minimum Gasteiger partial charge on any atom is -0.360 e. The van der Waals surface area contributed by atoms with Gasteiger partial charge in [0.05, 0.1) is 5.52 Å². The predicted molar refractivity (Wildman–Crippen MR) is 91.7 cm³/mol. The van der Waals surface area contributed by atoms with Gasteiger partial charge in [-0.05, 0) is 30.7 Å². The molecule has 21 heavy (non-hydrogen) atoms. The zero-order valence-electron chi connectivity index (χ0n) is 12.9. The molecule has 2 rings (SSSR count). The Hall–Kier alpha value is -0.983. The van der Waals surface area contributed by atoms with Gasteiger partial charge in [0, 0.05) is 24.5 Å². The first-order valence-electron chi connectivity index (χ1n) is 7.01. The van der Waals surface area contributed by atoms with Crippen LogP contribution in [0, 0.1) is 6.92 Å². The number of benzene rings is 1. The monoisotopic (exact) mass is 368 g/mol. The van der Waals surface area contributed by atoms with Crippen molar-refractivity contribution in [2.45, 2.75) is 39.3 Å². The molecule has 0 bridgehead atoms. The molecule has 0 saturated carbocycles. The molecule has 1 aromatic carbocycles. The van der Waals surface area contributed by atoms with Crippen LogP contribution in [0.5, 0.6) is 0 Å². The Kier molecular flexibility index (Phi) is 5.01. The standard InChI is InChI=1S/C15H21BrN2O2Si/c1-11-7-12(16)8-14-15(11)13(9-19)17-18(14)10-20-5-6-21(2,3)4/h7-9H,5-6,10H2,1-4H3. The van der Waals surface area contributed by atoms with E-state index in [0.29, 0.717) is 12.4 Å². The summed E-state index contributed by atoms with van der Waals surface area (Å²) in [6, 6.07) is 5.09. The van der Waals surface area contributed by atoms with E-state index < -0.39 is 8.07 Å². The lowest BCUT2D eigenvalue weighted by molar-refractivity contribution is 0.0812. The second kappa shape index (κ2) is 6.42. The number of carbonyl (C=O) groups is 1. The molecule has 0 saturated heterocycles. The molecule has 2 aromatic rings. The van der Waals surface area contributed by atoms with E-state index in [1.54, 1.807) is 4.68 Å². The smallest absolute Gasteiger partial charge is 0.170 e. The molecule has 1 aromatic heterocycles. The quantitative estimate of drug-likeness (QED) is 0.435. The minimum atomic E-state index is -1.09. The number of halogens is 1. The lowest BCUT2D eigenvalue weighted by Crippen LogP contribution is -2.22. The molecule has 0 aliphatic heterocycles. The maximum atomic E-state index is 11.2. The minimum absolute atomic E-state index is 0.380. The lowest BCUT2D eigenvalue weighted by atomic mass is 10.1. The van der Waals surface area contributed by atoms with E-state index in [-0.39, 0.29) is 0 Å². The Bertz CT molecular complexity index is 662. The summed E-state index contributed by atoms with van der Waals surface area (Å²) in [4.78, 5) is 11.2. The normalized spacial score (nSPS) is 12.0. The van der Waals surface area contributed by atoms with E-state index in [4.69, 9.17) is 4.74 Å². The van der Waals surface area contributed by atoms with E-state index in [2.05, 4.69) is 40.7 Å². The summed E-state index contributed by atoms with van der Waals surface area (Å²) in [7, 11) is -1.09. The first-order chi connectivity index (χ1) is 9.81. The van der Waals surface area contributed by atoms with E-state index in [0.717, 1.165) is 39.9 Å². The third-order valence-electron chi connectivity index (χ3n) is 3.36. The Balaban J connectivity index is 2.22. The molecule has 0 aliphatic rings. The van der Waals surface area contributed by atoms with Gasteiger partial charge in [0.15, 0.2) is 6.29 Å². The van der Waals surface area contributed by atoms with Gasteiger partial charge in [-0.2, -0.15) is 5.10 Å².